The number of hydrogen-bond acceptors (Lipinski definition) is 2. The third kappa shape index (κ3) is 3.81. The number of aromatic nitrogens is 1. The normalized spacial score (nSPS) is 11.2. The summed E-state index contributed by atoms with van der Waals surface area (Å²) in [5.41, 5.74) is 5.17. The molecule has 4 nitrogen and oxygen atoms in total. The van der Waals surface area contributed by atoms with Crippen molar-refractivity contribution in [1.82, 2.24) is 10.4 Å². The van der Waals surface area contributed by atoms with Crippen LogP contribution in [0.15, 0.2) is 46.1 Å². The number of hydrazone groups is 1. The molecule has 0 spiro atoms. The molecule has 1 amide bonds. The van der Waals surface area contributed by atoms with E-state index in [-0.39, 0.29) is 5.91 Å². The van der Waals surface area contributed by atoms with Crippen molar-refractivity contribution in [2.75, 3.05) is 0 Å². The van der Waals surface area contributed by atoms with Crippen molar-refractivity contribution in [3.05, 3.63) is 57.8 Å². The van der Waals surface area contributed by atoms with E-state index in [0.29, 0.717) is 11.6 Å². The molecule has 2 rings (SSSR count). The van der Waals surface area contributed by atoms with Crippen LogP contribution in [0.5, 0.6) is 0 Å². The number of rotatable bonds is 4. The fourth-order valence-electron chi connectivity index (χ4n) is 1.69. The number of H-pyrrole nitrogens is 1. The van der Waals surface area contributed by atoms with E-state index in [4.69, 9.17) is 0 Å². The fourth-order valence-corrected chi connectivity index (χ4v) is 2.04. The van der Waals surface area contributed by atoms with Crippen LogP contribution in [-0.4, -0.2) is 17.1 Å². The van der Waals surface area contributed by atoms with Crippen LogP contribution in [0.2, 0.25) is 0 Å². The lowest BCUT2D eigenvalue weighted by atomic mass is 10.0. The zero-order valence-corrected chi connectivity index (χ0v) is 12.9. The van der Waals surface area contributed by atoms with Gasteiger partial charge in [0.25, 0.3) is 5.91 Å². The van der Waals surface area contributed by atoms with Crippen LogP contribution in [0, 0.1) is 0 Å². The number of carbonyl (C=O) groups is 1. The molecule has 5 heteroatoms. The van der Waals surface area contributed by atoms with Crippen molar-refractivity contribution in [3.8, 4) is 0 Å². The quantitative estimate of drug-likeness (QED) is 0.651. The molecular formula is C15H16BrN3O. The number of halogens is 1. The maximum absolute atomic E-state index is 11.7. The van der Waals surface area contributed by atoms with Crippen molar-refractivity contribution in [2.24, 2.45) is 5.10 Å². The van der Waals surface area contributed by atoms with E-state index >= 15 is 0 Å². The second kappa shape index (κ2) is 6.52. The van der Waals surface area contributed by atoms with Gasteiger partial charge in [-0.05, 0) is 39.0 Å². The first-order valence-corrected chi connectivity index (χ1v) is 7.13. The molecule has 0 bridgehead atoms. The monoisotopic (exact) mass is 333 g/mol. The summed E-state index contributed by atoms with van der Waals surface area (Å²) in [5, 5.41) is 3.94. The number of aromatic amines is 1. The molecule has 0 aliphatic heterocycles. The number of nitrogens with one attached hydrogen (secondary N) is 2. The van der Waals surface area contributed by atoms with Gasteiger partial charge in [-0.3, -0.25) is 4.79 Å². The predicted octanol–water partition coefficient (Wildman–Crippen LogP) is 3.66. The summed E-state index contributed by atoms with van der Waals surface area (Å²) in [6, 6.07) is 9.79. The third-order valence-electron chi connectivity index (χ3n) is 2.88. The summed E-state index contributed by atoms with van der Waals surface area (Å²) in [6.07, 6.45) is 3.32. The molecule has 2 aromatic rings. The molecule has 0 aliphatic carbocycles. The molecule has 104 valence electrons. The molecule has 0 saturated carbocycles. The van der Waals surface area contributed by atoms with Crippen molar-refractivity contribution in [3.63, 3.8) is 0 Å². The lowest BCUT2D eigenvalue weighted by Crippen LogP contribution is -2.17. The van der Waals surface area contributed by atoms with Crippen LogP contribution >= 0.6 is 15.9 Å². The Morgan fingerprint density at radius 1 is 1.35 bits per heavy atom. The molecule has 20 heavy (non-hydrogen) atoms. The highest BCUT2D eigenvalue weighted by Crippen LogP contribution is 2.14. The van der Waals surface area contributed by atoms with Crippen LogP contribution in [-0.2, 0) is 0 Å². The molecule has 0 radical (unpaired) electrons. The summed E-state index contributed by atoms with van der Waals surface area (Å²) in [6.45, 7) is 4.30. The summed E-state index contributed by atoms with van der Waals surface area (Å²) >= 11 is 3.27. The van der Waals surface area contributed by atoms with Gasteiger partial charge in [-0.15, -0.1) is 0 Å². The van der Waals surface area contributed by atoms with E-state index in [9.17, 15) is 4.79 Å². The van der Waals surface area contributed by atoms with Crippen molar-refractivity contribution in [2.45, 2.75) is 19.8 Å². The Kier molecular flexibility index (Phi) is 4.74. The number of benzene rings is 1. The zero-order valence-electron chi connectivity index (χ0n) is 11.4. The van der Waals surface area contributed by atoms with E-state index in [1.807, 2.05) is 12.1 Å². The maximum atomic E-state index is 11.7. The van der Waals surface area contributed by atoms with Crippen LogP contribution < -0.4 is 5.43 Å². The van der Waals surface area contributed by atoms with E-state index in [1.54, 1.807) is 18.5 Å². The van der Waals surface area contributed by atoms with E-state index in [2.05, 4.69) is 57.4 Å². The number of carbonyl (C=O) groups excluding carboxylic acids is 1. The summed E-state index contributed by atoms with van der Waals surface area (Å²) in [7, 11) is 0. The van der Waals surface area contributed by atoms with Crippen molar-refractivity contribution >= 4 is 28.1 Å². The number of hydrogen-bond donors (Lipinski definition) is 2. The Hall–Kier alpha value is -1.88. The fraction of sp³-hybridized carbons (Fsp3) is 0.200. The zero-order chi connectivity index (χ0) is 14.5. The Balaban J connectivity index is 1.94. The Morgan fingerprint density at radius 3 is 2.60 bits per heavy atom. The molecule has 0 fully saturated rings. The summed E-state index contributed by atoms with van der Waals surface area (Å²) in [4.78, 5) is 14.6. The third-order valence-corrected chi connectivity index (χ3v) is 3.33. The van der Waals surface area contributed by atoms with Crippen LogP contribution in [0.1, 0.15) is 41.4 Å². The molecule has 1 aromatic heterocycles. The van der Waals surface area contributed by atoms with Gasteiger partial charge in [0.2, 0.25) is 0 Å². The molecule has 1 heterocycles. The lowest BCUT2D eigenvalue weighted by molar-refractivity contribution is 0.0951. The van der Waals surface area contributed by atoms with Crippen LogP contribution in [0.3, 0.4) is 0 Å². The summed E-state index contributed by atoms with van der Waals surface area (Å²) < 4.78 is 0.830. The highest BCUT2D eigenvalue weighted by molar-refractivity contribution is 9.10. The lowest BCUT2D eigenvalue weighted by Gasteiger charge is -2.04. The van der Waals surface area contributed by atoms with Gasteiger partial charge in [0.05, 0.1) is 6.21 Å². The number of amides is 1. The van der Waals surface area contributed by atoms with Gasteiger partial charge >= 0.3 is 0 Å². The highest BCUT2D eigenvalue weighted by Gasteiger charge is 2.05. The van der Waals surface area contributed by atoms with Gasteiger partial charge < -0.3 is 4.98 Å². The molecule has 0 saturated heterocycles. The average Bonchev–Trinajstić information content (AvgIpc) is 2.86. The molecular weight excluding hydrogens is 318 g/mol. The van der Waals surface area contributed by atoms with Crippen molar-refractivity contribution in [1.29, 1.82) is 0 Å². The highest BCUT2D eigenvalue weighted by atomic mass is 79.9. The van der Waals surface area contributed by atoms with E-state index < -0.39 is 0 Å². The van der Waals surface area contributed by atoms with Gasteiger partial charge in [0.15, 0.2) is 0 Å². The average molecular weight is 334 g/mol. The Morgan fingerprint density at radius 2 is 2.05 bits per heavy atom. The smallest absolute Gasteiger partial charge is 0.287 e. The van der Waals surface area contributed by atoms with E-state index in [1.165, 1.54) is 5.56 Å². The second-order valence-electron chi connectivity index (χ2n) is 4.75. The Labute approximate surface area is 126 Å². The van der Waals surface area contributed by atoms with Crippen LogP contribution in [0.25, 0.3) is 0 Å². The molecule has 1 aromatic carbocycles. The van der Waals surface area contributed by atoms with Crippen molar-refractivity contribution < 1.29 is 4.79 Å². The van der Waals surface area contributed by atoms with Gasteiger partial charge in [-0.2, -0.15) is 5.10 Å². The van der Waals surface area contributed by atoms with E-state index in [0.717, 1.165) is 10.0 Å². The van der Waals surface area contributed by atoms with Gasteiger partial charge in [0, 0.05) is 10.7 Å². The molecule has 0 aliphatic rings. The topological polar surface area (TPSA) is 57.2 Å². The Bertz CT molecular complexity index is 614. The molecule has 0 atom stereocenters. The predicted molar refractivity (Wildman–Crippen MR) is 84.1 cm³/mol. The number of nitrogens with zero attached hydrogens (tertiary/aromatic N) is 1. The summed E-state index contributed by atoms with van der Waals surface area (Å²) in [5.74, 6) is 0.234. The maximum Gasteiger partial charge on any atom is 0.287 e. The SMILES string of the molecule is CC(C)c1ccc(/C=N\NC(=O)c2cc(Br)c[nH]2)cc1. The van der Waals surface area contributed by atoms with Gasteiger partial charge in [0.1, 0.15) is 5.69 Å². The minimum Gasteiger partial charge on any atom is -0.356 e. The molecule has 0 unspecified atom stereocenters. The second-order valence-corrected chi connectivity index (χ2v) is 5.67. The van der Waals surface area contributed by atoms with Gasteiger partial charge in [-0.1, -0.05) is 38.1 Å². The minimum atomic E-state index is -0.272. The first-order chi connectivity index (χ1) is 9.56. The van der Waals surface area contributed by atoms with Crippen LogP contribution in [0.4, 0.5) is 0 Å². The first kappa shape index (κ1) is 14.5. The first-order valence-electron chi connectivity index (χ1n) is 6.33. The standard InChI is InChI=1S/C15H16BrN3O/c1-10(2)12-5-3-11(4-6-12)8-18-19-15(20)14-7-13(16)9-17-14/h3-10,17H,1-2H3,(H,19,20)/b18-8-. The molecule has 2 N–H and O–H groups in total. The van der Waals surface area contributed by atoms with Gasteiger partial charge in [-0.25, -0.2) is 5.43 Å². The largest absolute Gasteiger partial charge is 0.356 e. The minimum absolute atomic E-state index is 0.272.